The Balaban J connectivity index is 3.13. The fourth-order valence-corrected chi connectivity index (χ4v) is 1.43. The van der Waals surface area contributed by atoms with Crippen molar-refractivity contribution in [3.8, 4) is 11.8 Å². The van der Waals surface area contributed by atoms with E-state index in [1.54, 1.807) is 12.1 Å². The van der Waals surface area contributed by atoms with Crippen LogP contribution in [0, 0.1) is 11.8 Å². The first kappa shape index (κ1) is 12.0. The van der Waals surface area contributed by atoms with Crippen LogP contribution >= 0.6 is 24.2 Å². The molecular formula is C11H9ClO2S. The normalized spacial score (nSPS) is 9.20. The molecule has 15 heavy (non-hydrogen) atoms. The second-order valence-electron chi connectivity index (χ2n) is 2.74. The van der Waals surface area contributed by atoms with Gasteiger partial charge < -0.3 is 5.11 Å². The molecule has 1 aromatic rings. The zero-order valence-corrected chi connectivity index (χ0v) is 9.48. The first-order chi connectivity index (χ1) is 7.16. The molecule has 0 unspecified atom stereocenters. The van der Waals surface area contributed by atoms with Crippen molar-refractivity contribution in [1.82, 2.24) is 0 Å². The van der Waals surface area contributed by atoms with Crippen LogP contribution in [0.25, 0.3) is 0 Å². The van der Waals surface area contributed by atoms with Crippen LogP contribution in [0.3, 0.4) is 0 Å². The Kier molecular flexibility index (Phi) is 4.54. The Morgan fingerprint density at radius 3 is 2.87 bits per heavy atom. The molecule has 1 N–H and O–H groups in total. The molecule has 0 amide bonds. The maximum Gasteiger partial charge on any atom is 0.338 e. The SMILES string of the molecule is O=C(O)c1c(Cl)cccc1C#CCCS. The number of hydrogen-bond acceptors (Lipinski definition) is 2. The van der Waals surface area contributed by atoms with Gasteiger partial charge in [0.1, 0.15) is 0 Å². The standard InChI is InChI=1S/C11H9ClO2S/c12-9-6-3-5-8(4-1-2-7-15)10(9)11(13)14/h3,5-6,15H,2,7H2,(H,13,14). The van der Waals surface area contributed by atoms with Crippen LogP contribution in [0.2, 0.25) is 5.02 Å². The minimum Gasteiger partial charge on any atom is -0.478 e. The summed E-state index contributed by atoms with van der Waals surface area (Å²) in [6.45, 7) is 0. The molecule has 0 aliphatic carbocycles. The van der Waals surface area contributed by atoms with Gasteiger partial charge in [0.15, 0.2) is 0 Å². The fourth-order valence-electron chi connectivity index (χ4n) is 1.06. The summed E-state index contributed by atoms with van der Waals surface area (Å²) in [6.07, 6.45) is 0.620. The largest absolute Gasteiger partial charge is 0.478 e. The number of benzene rings is 1. The van der Waals surface area contributed by atoms with E-state index in [2.05, 4.69) is 24.5 Å². The molecule has 0 aromatic heterocycles. The third-order valence-corrected chi connectivity index (χ3v) is 2.23. The number of carboxylic acid groups (broad SMARTS) is 1. The number of hydrogen-bond donors (Lipinski definition) is 2. The predicted octanol–water partition coefficient (Wildman–Crippen LogP) is 2.71. The smallest absolute Gasteiger partial charge is 0.338 e. The Morgan fingerprint density at radius 2 is 2.27 bits per heavy atom. The highest BCUT2D eigenvalue weighted by Crippen LogP contribution is 2.19. The van der Waals surface area contributed by atoms with Crippen molar-refractivity contribution in [2.45, 2.75) is 6.42 Å². The maximum absolute atomic E-state index is 10.9. The molecule has 2 nitrogen and oxygen atoms in total. The number of rotatable bonds is 2. The lowest BCUT2D eigenvalue weighted by molar-refractivity contribution is 0.0697. The van der Waals surface area contributed by atoms with Gasteiger partial charge in [-0.15, -0.1) is 0 Å². The van der Waals surface area contributed by atoms with Gasteiger partial charge in [-0.2, -0.15) is 12.6 Å². The van der Waals surface area contributed by atoms with Gasteiger partial charge in [0.2, 0.25) is 0 Å². The first-order valence-corrected chi connectivity index (χ1v) is 5.29. The number of carbonyl (C=O) groups is 1. The van der Waals surface area contributed by atoms with Crippen molar-refractivity contribution in [2.24, 2.45) is 0 Å². The summed E-state index contributed by atoms with van der Waals surface area (Å²) in [7, 11) is 0. The summed E-state index contributed by atoms with van der Waals surface area (Å²) >= 11 is 9.78. The van der Waals surface area contributed by atoms with Crippen LogP contribution in [0.1, 0.15) is 22.3 Å². The lowest BCUT2D eigenvalue weighted by Gasteiger charge is -2.00. The molecule has 0 aliphatic rings. The number of thiol groups is 1. The first-order valence-electron chi connectivity index (χ1n) is 4.28. The van der Waals surface area contributed by atoms with Gasteiger partial charge in [-0.3, -0.25) is 0 Å². The van der Waals surface area contributed by atoms with Crippen LogP contribution in [-0.2, 0) is 0 Å². The Bertz CT molecular complexity index is 432. The highest BCUT2D eigenvalue weighted by molar-refractivity contribution is 7.80. The average molecular weight is 241 g/mol. The van der Waals surface area contributed by atoms with E-state index in [4.69, 9.17) is 16.7 Å². The van der Waals surface area contributed by atoms with Crippen molar-refractivity contribution in [1.29, 1.82) is 0 Å². The summed E-state index contributed by atoms with van der Waals surface area (Å²) in [5.41, 5.74) is 0.502. The quantitative estimate of drug-likeness (QED) is 0.616. The zero-order valence-electron chi connectivity index (χ0n) is 7.83. The number of carboxylic acids is 1. The summed E-state index contributed by atoms with van der Waals surface area (Å²) in [4.78, 5) is 10.9. The topological polar surface area (TPSA) is 37.3 Å². The van der Waals surface area contributed by atoms with Crippen LogP contribution in [0.4, 0.5) is 0 Å². The predicted molar refractivity (Wildman–Crippen MR) is 63.8 cm³/mol. The Labute approximate surface area is 98.7 Å². The average Bonchev–Trinajstić information content (AvgIpc) is 2.17. The van der Waals surface area contributed by atoms with E-state index in [9.17, 15) is 4.79 Å². The molecule has 0 saturated heterocycles. The third kappa shape index (κ3) is 3.19. The van der Waals surface area contributed by atoms with Gasteiger partial charge >= 0.3 is 5.97 Å². The molecule has 1 aromatic carbocycles. The van der Waals surface area contributed by atoms with Crippen LogP contribution in [0.15, 0.2) is 18.2 Å². The second-order valence-corrected chi connectivity index (χ2v) is 3.60. The van der Waals surface area contributed by atoms with Gasteiger partial charge in [-0.1, -0.05) is 29.5 Å². The Morgan fingerprint density at radius 1 is 1.53 bits per heavy atom. The van der Waals surface area contributed by atoms with E-state index in [-0.39, 0.29) is 10.6 Å². The van der Waals surface area contributed by atoms with Gasteiger partial charge in [-0.25, -0.2) is 4.79 Å². The Hall–Kier alpha value is -1.11. The van der Waals surface area contributed by atoms with Crippen molar-refractivity contribution in [2.75, 3.05) is 5.75 Å². The van der Waals surface area contributed by atoms with E-state index >= 15 is 0 Å². The molecule has 0 heterocycles. The molecule has 0 fully saturated rings. The second kappa shape index (κ2) is 5.69. The minimum atomic E-state index is -1.06. The molecule has 0 saturated carbocycles. The van der Waals surface area contributed by atoms with Crippen molar-refractivity contribution < 1.29 is 9.90 Å². The summed E-state index contributed by atoms with van der Waals surface area (Å²) in [6, 6.07) is 4.86. The van der Waals surface area contributed by atoms with E-state index in [1.165, 1.54) is 6.07 Å². The van der Waals surface area contributed by atoms with Crippen LogP contribution in [-0.4, -0.2) is 16.8 Å². The van der Waals surface area contributed by atoms with Gasteiger partial charge in [-0.05, 0) is 12.1 Å². The monoisotopic (exact) mass is 240 g/mol. The molecule has 4 heteroatoms. The van der Waals surface area contributed by atoms with E-state index in [0.29, 0.717) is 17.7 Å². The van der Waals surface area contributed by atoms with E-state index < -0.39 is 5.97 Å². The van der Waals surface area contributed by atoms with Gasteiger partial charge in [0.25, 0.3) is 0 Å². The van der Waals surface area contributed by atoms with E-state index in [0.717, 1.165) is 0 Å². The fraction of sp³-hybridized carbons (Fsp3) is 0.182. The summed E-state index contributed by atoms with van der Waals surface area (Å²) in [5.74, 6) is 5.19. The van der Waals surface area contributed by atoms with Gasteiger partial charge in [0, 0.05) is 17.7 Å². The number of aromatic carboxylic acids is 1. The molecule has 1 rings (SSSR count). The van der Waals surface area contributed by atoms with Crippen molar-refractivity contribution in [3.05, 3.63) is 34.3 Å². The third-order valence-electron chi connectivity index (χ3n) is 1.69. The molecular weight excluding hydrogens is 232 g/mol. The molecule has 0 bridgehead atoms. The van der Waals surface area contributed by atoms with Crippen LogP contribution < -0.4 is 0 Å². The highest BCUT2D eigenvalue weighted by atomic mass is 35.5. The molecule has 0 atom stereocenters. The lowest BCUT2D eigenvalue weighted by Crippen LogP contribution is -2.00. The summed E-state index contributed by atoms with van der Waals surface area (Å²) in [5, 5.41) is 9.14. The minimum absolute atomic E-state index is 0.0610. The zero-order chi connectivity index (χ0) is 11.3. The highest BCUT2D eigenvalue weighted by Gasteiger charge is 2.12. The number of halogens is 1. The molecule has 0 radical (unpaired) electrons. The summed E-state index contributed by atoms with van der Waals surface area (Å²) < 4.78 is 0. The van der Waals surface area contributed by atoms with Crippen LogP contribution in [0.5, 0.6) is 0 Å². The van der Waals surface area contributed by atoms with Gasteiger partial charge in [0.05, 0.1) is 10.6 Å². The van der Waals surface area contributed by atoms with Crippen molar-refractivity contribution >= 4 is 30.2 Å². The van der Waals surface area contributed by atoms with Crippen molar-refractivity contribution in [3.63, 3.8) is 0 Å². The molecule has 0 spiro atoms. The molecule has 0 aliphatic heterocycles. The molecule has 78 valence electrons. The van der Waals surface area contributed by atoms with E-state index in [1.807, 2.05) is 0 Å². The lowest BCUT2D eigenvalue weighted by atomic mass is 10.1. The maximum atomic E-state index is 10.9.